The number of ether oxygens (including phenoxy) is 2. The second-order valence-electron chi connectivity index (χ2n) is 4.28. The van der Waals surface area contributed by atoms with Gasteiger partial charge in [-0.15, -0.1) is 0 Å². The standard InChI is InChI=1S/C14H24N2O2/c1-5-13-7-12(9-15-4)8-14(16-13)18-11(3)10-17-6-2/h7-8,11,15H,5-6,9-10H2,1-4H3. The van der Waals surface area contributed by atoms with Crippen molar-refractivity contribution in [2.45, 2.75) is 39.8 Å². The molecule has 4 nitrogen and oxygen atoms in total. The lowest BCUT2D eigenvalue weighted by Crippen LogP contribution is -2.20. The van der Waals surface area contributed by atoms with Crippen LogP contribution in [-0.4, -0.2) is 31.3 Å². The zero-order chi connectivity index (χ0) is 13.4. The van der Waals surface area contributed by atoms with E-state index in [1.54, 1.807) is 0 Å². The second-order valence-corrected chi connectivity index (χ2v) is 4.28. The number of rotatable bonds is 8. The van der Waals surface area contributed by atoms with Crippen molar-refractivity contribution in [2.75, 3.05) is 20.3 Å². The first kappa shape index (κ1) is 14.9. The summed E-state index contributed by atoms with van der Waals surface area (Å²) in [4.78, 5) is 4.48. The molecule has 1 aromatic heterocycles. The number of pyridine rings is 1. The van der Waals surface area contributed by atoms with Crippen molar-refractivity contribution in [3.05, 3.63) is 23.4 Å². The largest absolute Gasteiger partial charge is 0.472 e. The van der Waals surface area contributed by atoms with Gasteiger partial charge in [-0.05, 0) is 38.9 Å². The Kier molecular flexibility index (Phi) is 6.68. The van der Waals surface area contributed by atoms with Gasteiger partial charge in [0.15, 0.2) is 0 Å². The maximum atomic E-state index is 5.78. The highest BCUT2D eigenvalue weighted by Crippen LogP contribution is 2.15. The minimum atomic E-state index is 0.0204. The zero-order valence-corrected chi connectivity index (χ0v) is 11.8. The van der Waals surface area contributed by atoms with E-state index in [0.29, 0.717) is 19.1 Å². The summed E-state index contributed by atoms with van der Waals surface area (Å²) in [5.41, 5.74) is 2.25. The smallest absolute Gasteiger partial charge is 0.214 e. The van der Waals surface area contributed by atoms with Crippen LogP contribution in [0.25, 0.3) is 0 Å². The monoisotopic (exact) mass is 252 g/mol. The van der Waals surface area contributed by atoms with E-state index in [1.807, 2.05) is 27.0 Å². The maximum Gasteiger partial charge on any atom is 0.214 e. The quantitative estimate of drug-likeness (QED) is 0.770. The van der Waals surface area contributed by atoms with Crippen molar-refractivity contribution in [3.8, 4) is 5.88 Å². The number of hydrogen-bond donors (Lipinski definition) is 1. The Morgan fingerprint density at radius 2 is 2.11 bits per heavy atom. The van der Waals surface area contributed by atoms with Crippen LogP contribution in [-0.2, 0) is 17.7 Å². The second kappa shape index (κ2) is 8.06. The lowest BCUT2D eigenvalue weighted by atomic mass is 10.2. The average molecular weight is 252 g/mol. The molecule has 1 N–H and O–H groups in total. The summed E-state index contributed by atoms with van der Waals surface area (Å²) in [6.45, 7) is 8.20. The topological polar surface area (TPSA) is 43.4 Å². The van der Waals surface area contributed by atoms with Gasteiger partial charge in [-0.3, -0.25) is 0 Å². The highest BCUT2D eigenvalue weighted by atomic mass is 16.5. The summed E-state index contributed by atoms with van der Waals surface area (Å²) in [6, 6.07) is 4.09. The molecule has 0 spiro atoms. The van der Waals surface area contributed by atoms with Crippen LogP contribution >= 0.6 is 0 Å². The van der Waals surface area contributed by atoms with Crippen LogP contribution in [0.1, 0.15) is 32.0 Å². The normalized spacial score (nSPS) is 12.4. The van der Waals surface area contributed by atoms with E-state index in [9.17, 15) is 0 Å². The fourth-order valence-corrected chi connectivity index (χ4v) is 1.69. The molecule has 1 rings (SSSR count). The molecular weight excluding hydrogens is 228 g/mol. The molecule has 0 bridgehead atoms. The van der Waals surface area contributed by atoms with E-state index in [4.69, 9.17) is 9.47 Å². The molecular formula is C14H24N2O2. The fraction of sp³-hybridized carbons (Fsp3) is 0.643. The molecule has 0 amide bonds. The zero-order valence-electron chi connectivity index (χ0n) is 11.8. The molecule has 0 aromatic carbocycles. The summed E-state index contributed by atoms with van der Waals surface area (Å²) < 4.78 is 11.1. The summed E-state index contributed by atoms with van der Waals surface area (Å²) in [6.07, 6.45) is 0.931. The van der Waals surface area contributed by atoms with E-state index in [0.717, 1.165) is 18.7 Å². The molecule has 1 heterocycles. The van der Waals surface area contributed by atoms with E-state index >= 15 is 0 Å². The van der Waals surface area contributed by atoms with Crippen LogP contribution in [0, 0.1) is 0 Å². The maximum absolute atomic E-state index is 5.78. The number of aryl methyl sites for hydroxylation is 1. The third kappa shape index (κ3) is 5.02. The molecule has 4 heteroatoms. The van der Waals surface area contributed by atoms with Gasteiger partial charge in [0.05, 0.1) is 6.61 Å². The highest BCUT2D eigenvalue weighted by Gasteiger charge is 2.07. The number of nitrogens with one attached hydrogen (secondary N) is 1. The Balaban J connectivity index is 2.71. The van der Waals surface area contributed by atoms with Gasteiger partial charge in [0.2, 0.25) is 5.88 Å². The molecule has 1 aromatic rings. The fourth-order valence-electron chi connectivity index (χ4n) is 1.69. The van der Waals surface area contributed by atoms with Crippen LogP contribution < -0.4 is 10.1 Å². The summed E-state index contributed by atoms with van der Waals surface area (Å²) in [5, 5.41) is 3.14. The Morgan fingerprint density at radius 3 is 2.72 bits per heavy atom. The van der Waals surface area contributed by atoms with Crippen LogP contribution in [0.5, 0.6) is 5.88 Å². The van der Waals surface area contributed by atoms with Gasteiger partial charge < -0.3 is 14.8 Å². The lowest BCUT2D eigenvalue weighted by molar-refractivity contribution is 0.0632. The van der Waals surface area contributed by atoms with Crippen molar-refractivity contribution in [1.29, 1.82) is 0 Å². The van der Waals surface area contributed by atoms with Gasteiger partial charge in [-0.1, -0.05) is 6.92 Å². The van der Waals surface area contributed by atoms with Gasteiger partial charge in [0.1, 0.15) is 6.10 Å². The van der Waals surface area contributed by atoms with Crippen molar-refractivity contribution < 1.29 is 9.47 Å². The Hall–Kier alpha value is -1.13. The van der Waals surface area contributed by atoms with E-state index < -0.39 is 0 Å². The first-order chi connectivity index (χ1) is 8.69. The first-order valence-corrected chi connectivity index (χ1v) is 6.58. The lowest BCUT2D eigenvalue weighted by Gasteiger charge is -2.15. The van der Waals surface area contributed by atoms with Crippen LogP contribution in [0.2, 0.25) is 0 Å². The minimum absolute atomic E-state index is 0.0204. The van der Waals surface area contributed by atoms with Crippen LogP contribution in [0.15, 0.2) is 12.1 Å². The Morgan fingerprint density at radius 1 is 1.33 bits per heavy atom. The van der Waals surface area contributed by atoms with E-state index in [1.165, 1.54) is 5.56 Å². The molecule has 102 valence electrons. The predicted molar refractivity (Wildman–Crippen MR) is 73.0 cm³/mol. The predicted octanol–water partition coefficient (Wildman–Crippen LogP) is 2.17. The van der Waals surface area contributed by atoms with Crippen LogP contribution in [0.4, 0.5) is 0 Å². The molecule has 1 atom stereocenters. The van der Waals surface area contributed by atoms with Gasteiger partial charge in [0, 0.05) is 24.9 Å². The number of nitrogens with zero attached hydrogens (tertiary/aromatic N) is 1. The number of hydrogen-bond acceptors (Lipinski definition) is 4. The average Bonchev–Trinajstić information content (AvgIpc) is 2.36. The molecule has 0 aliphatic rings. The van der Waals surface area contributed by atoms with Gasteiger partial charge in [-0.2, -0.15) is 0 Å². The highest BCUT2D eigenvalue weighted by molar-refractivity contribution is 5.25. The number of aromatic nitrogens is 1. The summed E-state index contributed by atoms with van der Waals surface area (Å²) in [5.74, 6) is 0.687. The van der Waals surface area contributed by atoms with Crippen LogP contribution in [0.3, 0.4) is 0 Å². The Bertz CT molecular complexity index is 356. The molecule has 0 aliphatic carbocycles. The molecule has 0 radical (unpaired) electrons. The van der Waals surface area contributed by atoms with Crippen molar-refractivity contribution in [3.63, 3.8) is 0 Å². The molecule has 0 fully saturated rings. The van der Waals surface area contributed by atoms with Crippen molar-refractivity contribution in [2.24, 2.45) is 0 Å². The van der Waals surface area contributed by atoms with E-state index in [-0.39, 0.29) is 6.10 Å². The van der Waals surface area contributed by atoms with Gasteiger partial charge in [0.25, 0.3) is 0 Å². The third-order valence-corrected chi connectivity index (χ3v) is 2.54. The molecule has 18 heavy (non-hydrogen) atoms. The SMILES string of the molecule is CCOCC(C)Oc1cc(CNC)cc(CC)n1. The minimum Gasteiger partial charge on any atom is -0.472 e. The summed E-state index contributed by atoms with van der Waals surface area (Å²) in [7, 11) is 1.93. The van der Waals surface area contributed by atoms with Crippen molar-refractivity contribution in [1.82, 2.24) is 10.3 Å². The Labute approximate surface area is 110 Å². The molecule has 0 saturated carbocycles. The van der Waals surface area contributed by atoms with Crippen molar-refractivity contribution >= 4 is 0 Å². The van der Waals surface area contributed by atoms with Gasteiger partial charge in [-0.25, -0.2) is 4.98 Å². The molecule has 0 aliphatic heterocycles. The van der Waals surface area contributed by atoms with Gasteiger partial charge >= 0.3 is 0 Å². The summed E-state index contributed by atoms with van der Waals surface area (Å²) >= 11 is 0. The van der Waals surface area contributed by atoms with E-state index in [2.05, 4.69) is 23.3 Å². The molecule has 0 saturated heterocycles. The molecule has 1 unspecified atom stereocenters. The third-order valence-electron chi connectivity index (χ3n) is 2.54. The first-order valence-electron chi connectivity index (χ1n) is 6.58.